The first-order valence-electron chi connectivity index (χ1n) is 39.3. The SMILES string of the molecule is CCCCCCCC/C=C/CCCCCCCCCCCCCCCCCCCC(=O)OC1C(OCC(NC(=O)C(O)CCCCCCCCCCCCCC/C=C/CCCCCCCC)C(O)/C=C/CCCCCCCCCCCC)OC(CO)C(O)C1O. The largest absolute Gasteiger partial charge is 0.454 e. The number of amides is 1. The van der Waals surface area contributed by atoms with Gasteiger partial charge in [0.15, 0.2) is 12.4 Å². The molecule has 530 valence electrons. The Hall–Kier alpha value is -2.12. The molecule has 0 bridgehead atoms. The lowest BCUT2D eigenvalue weighted by Crippen LogP contribution is -2.61. The fraction of sp³-hybridized carbons (Fsp3) is 0.899. The van der Waals surface area contributed by atoms with E-state index in [1.165, 1.54) is 289 Å². The molecule has 1 aliphatic rings. The molecule has 0 aromatic rings. The van der Waals surface area contributed by atoms with E-state index in [2.05, 4.69) is 50.4 Å². The zero-order valence-corrected chi connectivity index (χ0v) is 59.3. The summed E-state index contributed by atoms with van der Waals surface area (Å²) in [5.41, 5.74) is 0. The van der Waals surface area contributed by atoms with Gasteiger partial charge in [-0.3, -0.25) is 9.59 Å². The minimum Gasteiger partial charge on any atom is -0.454 e. The minimum absolute atomic E-state index is 0.129. The number of hydrogen-bond donors (Lipinski definition) is 6. The summed E-state index contributed by atoms with van der Waals surface area (Å²) >= 11 is 0. The molecule has 11 nitrogen and oxygen atoms in total. The third-order valence-corrected chi connectivity index (χ3v) is 18.8. The molecule has 1 rings (SSSR count). The number of esters is 1. The van der Waals surface area contributed by atoms with Crippen LogP contribution < -0.4 is 5.32 Å². The van der Waals surface area contributed by atoms with Crippen LogP contribution in [-0.2, 0) is 23.8 Å². The molecule has 1 aliphatic heterocycles. The lowest BCUT2D eigenvalue weighted by atomic mass is 9.99. The summed E-state index contributed by atoms with van der Waals surface area (Å²) in [5.74, 6) is -1.17. The number of unbranched alkanes of at least 4 members (excludes halogenated alkanes) is 51. The molecule has 8 atom stereocenters. The Bertz CT molecular complexity index is 1610. The van der Waals surface area contributed by atoms with Crippen LogP contribution >= 0.6 is 0 Å². The van der Waals surface area contributed by atoms with Gasteiger partial charge >= 0.3 is 5.97 Å². The van der Waals surface area contributed by atoms with Crippen molar-refractivity contribution >= 4 is 11.9 Å². The van der Waals surface area contributed by atoms with Crippen molar-refractivity contribution in [3.8, 4) is 0 Å². The first-order chi connectivity index (χ1) is 44.2. The predicted octanol–water partition coefficient (Wildman–Crippen LogP) is 20.9. The fourth-order valence-corrected chi connectivity index (χ4v) is 12.6. The van der Waals surface area contributed by atoms with Crippen LogP contribution in [0.3, 0.4) is 0 Å². The summed E-state index contributed by atoms with van der Waals surface area (Å²) in [6, 6.07) is -1.02. The number of nitrogens with one attached hydrogen (secondary N) is 1. The zero-order chi connectivity index (χ0) is 65.3. The number of hydrogen-bond acceptors (Lipinski definition) is 10. The quantitative estimate of drug-likeness (QED) is 0.0195. The van der Waals surface area contributed by atoms with Crippen molar-refractivity contribution in [2.24, 2.45) is 0 Å². The van der Waals surface area contributed by atoms with Crippen LogP contribution in [0, 0.1) is 0 Å². The third-order valence-electron chi connectivity index (χ3n) is 18.8. The summed E-state index contributed by atoms with van der Waals surface area (Å²) in [5, 5.41) is 57.4. The molecule has 1 heterocycles. The van der Waals surface area contributed by atoms with E-state index in [1.807, 2.05) is 6.08 Å². The molecule has 0 aromatic heterocycles. The van der Waals surface area contributed by atoms with Crippen LogP contribution in [0.1, 0.15) is 393 Å². The maximum atomic E-state index is 13.5. The number of rotatable bonds is 69. The Morgan fingerprint density at radius 1 is 0.422 bits per heavy atom. The Morgan fingerprint density at radius 3 is 1.08 bits per heavy atom. The Balaban J connectivity index is 2.49. The van der Waals surface area contributed by atoms with Crippen molar-refractivity contribution in [3.63, 3.8) is 0 Å². The van der Waals surface area contributed by atoms with Crippen LogP contribution in [0.15, 0.2) is 36.5 Å². The summed E-state index contributed by atoms with van der Waals surface area (Å²) in [6.45, 7) is 5.85. The van der Waals surface area contributed by atoms with Crippen molar-refractivity contribution in [1.29, 1.82) is 0 Å². The average molecular weight is 1270 g/mol. The van der Waals surface area contributed by atoms with E-state index in [1.54, 1.807) is 6.08 Å². The van der Waals surface area contributed by atoms with Gasteiger partial charge in [-0.05, 0) is 77.0 Å². The fourth-order valence-electron chi connectivity index (χ4n) is 12.6. The molecule has 6 N–H and O–H groups in total. The van der Waals surface area contributed by atoms with E-state index in [-0.39, 0.29) is 13.0 Å². The molecule has 0 aromatic carbocycles. The van der Waals surface area contributed by atoms with E-state index in [0.29, 0.717) is 19.3 Å². The molecular weight excluding hydrogens is 1120 g/mol. The number of ether oxygens (including phenoxy) is 3. The maximum absolute atomic E-state index is 13.5. The first kappa shape index (κ1) is 85.9. The highest BCUT2D eigenvalue weighted by Crippen LogP contribution is 2.27. The van der Waals surface area contributed by atoms with Crippen molar-refractivity contribution in [1.82, 2.24) is 5.32 Å². The lowest BCUT2D eigenvalue weighted by molar-refractivity contribution is -0.305. The number of allylic oxidation sites excluding steroid dienone is 5. The van der Waals surface area contributed by atoms with Crippen molar-refractivity contribution in [3.05, 3.63) is 36.5 Å². The molecular formula is C79H149NO10. The minimum atomic E-state index is -1.61. The van der Waals surface area contributed by atoms with E-state index < -0.39 is 67.4 Å². The number of aliphatic hydroxyl groups excluding tert-OH is 5. The smallest absolute Gasteiger partial charge is 0.306 e. The van der Waals surface area contributed by atoms with Gasteiger partial charge in [0, 0.05) is 6.42 Å². The van der Waals surface area contributed by atoms with Crippen LogP contribution in [-0.4, -0.2) is 99.6 Å². The molecule has 0 saturated carbocycles. The Kier molecular flexibility index (Phi) is 63.8. The van der Waals surface area contributed by atoms with Gasteiger partial charge in [0.1, 0.15) is 24.4 Å². The number of aliphatic hydroxyl groups is 5. The normalized spacial score (nSPS) is 18.2. The molecule has 1 fully saturated rings. The van der Waals surface area contributed by atoms with Gasteiger partial charge in [-0.2, -0.15) is 0 Å². The highest BCUT2D eigenvalue weighted by Gasteiger charge is 2.47. The van der Waals surface area contributed by atoms with Crippen LogP contribution in [0.5, 0.6) is 0 Å². The van der Waals surface area contributed by atoms with Crippen LogP contribution in [0.25, 0.3) is 0 Å². The lowest BCUT2D eigenvalue weighted by Gasteiger charge is -2.41. The van der Waals surface area contributed by atoms with E-state index in [4.69, 9.17) is 14.2 Å². The highest BCUT2D eigenvalue weighted by atomic mass is 16.7. The number of carbonyl (C=O) groups excluding carboxylic acids is 2. The maximum Gasteiger partial charge on any atom is 0.306 e. The van der Waals surface area contributed by atoms with E-state index in [9.17, 15) is 35.1 Å². The Labute approximate surface area is 555 Å². The van der Waals surface area contributed by atoms with Gasteiger partial charge in [-0.25, -0.2) is 0 Å². The van der Waals surface area contributed by atoms with Gasteiger partial charge in [0.2, 0.25) is 5.91 Å². The Morgan fingerprint density at radius 2 is 0.733 bits per heavy atom. The first-order valence-corrected chi connectivity index (χ1v) is 39.3. The average Bonchev–Trinajstić information content (AvgIpc) is 3.71. The molecule has 0 radical (unpaired) electrons. The standard InChI is InChI=1S/C79H149NO10/c1-4-7-10-13-16-19-22-25-27-29-31-33-35-36-37-38-39-41-43-45-47-49-52-55-58-61-64-67-74(84)90-77-76(86)75(85)73(68-81)89-79(77)88-69-70(71(82)65-62-59-56-53-50-24-21-18-15-12-9-6-3)80-78(87)72(83)66-63-60-57-54-51-48-46-44-42-40-34-32-30-28-26-23-20-17-14-11-8-5-2/h25-28,62,65,70-73,75-77,79,81-83,85-86H,4-24,29-61,63-64,66-69H2,1-3H3,(H,80,87)/b27-25+,28-26+,65-62+. The van der Waals surface area contributed by atoms with Crippen molar-refractivity contribution in [2.45, 2.75) is 442 Å². The van der Waals surface area contributed by atoms with Gasteiger partial charge in [0.25, 0.3) is 0 Å². The summed E-state index contributed by atoms with van der Waals surface area (Å²) in [6.07, 6.45) is 73.5. The second-order valence-electron chi connectivity index (χ2n) is 27.4. The number of carbonyl (C=O) groups is 2. The summed E-state index contributed by atoms with van der Waals surface area (Å²) in [7, 11) is 0. The second kappa shape index (κ2) is 66.9. The molecule has 1 amide bonds. The molecule has 0 spiro atoms. The van der Waals surface area contributed by atoms with Crippen molar-refractivity contribution in [2.75, 3.05) is 13.2 Å². The van der Waals surface area contributed by atoms with Gasteiger partial charge in [0.05, 0.1) is 25.4 Å². The van der Waals surface area contributed by atoms with E-state index >= 15 is 0 Å². The molecule has 11 heteroatoms. The zero-order valence-electron chi connectivity index (χ0n) is 59.3. The third kappa shape index (κ3) is 53.2. The second-order valence-corrected chi connectivity index (χ2v) is 27.4. The molecule has 8 unspecified atom stereocenters. The van der Waals surface area contributed by atoms with Crippen LogP contribution in [0.2, 0.25) is 0 Å². The monoisotopic (exact) mass is 1270 g/mol. The highest BCUT2D eigenvalue weighted by molar-refractivity contribution is 5.80. The summed E-state index contributed by atoms with van der Waals surface area (Å²) < 4.78 is 17.8. The van der Waals surface area contributed by atoms with Gasteiger partial charge in [-0.15, -0.1) is 0 Å². The van der Waals surface area contributed by atoms with Crippen molar-refractivity contribution < 1.29 is 49.3 Å². The summed E-state index contributed by atoms with van der Waals surface area (Å²) in [4.78, 5) is 26.8. The molecule has 0 aliphatic carbocycles. The van der Waals surface area contributed by atoms with Gasteiger partial charge < -0.3 is 45.1 Å². The topological polar surface area (TPSA) is 175 Å². The van der Waals surface area contributed by atoms with Gasteiger partial charge in [-0.1, -0.05) is 346 Å². The van der Waals surface area contributed by atoms with Crippen LogP contribution in [0.4, 0.5) is 0 Å². The van der Waals surface area contributed by atoms with E-state index in [0.717, 1.165) is 57.8 Å². The molecule has 90 heavy (non-hydrogen) atoms. The predicted molar refractivity (Wildman–Crippen MR) is 380 cm³/mol. The molecule has 1 saturated heterocycles.